The fraction of sp³-hybridized carbons (Fsp3) is 0.333. The van der Waals surface area contributed by atoms with Crippen molar-refractivity contribution in [3.63, 3.8) is 0 Å². The average molecular weight is 354 g/mol. The van der Waals surface area contributed by atoms with Crippen LogP contribution in [0.15, 0.2) is 12.1 Å². The second-order valence-corrected chi connectivity index (χ2v) is 8.95. The first kappa shape index (κ1) is 15.8. The third-order valence-corrected chi connectivity index (χ3v) is 4.59. The van der Waals surface area contributed by atoms with Crippen LogP contribution < -0.4 is 4.52 Å². The van der Waals surface area contributed by atoms with Gasteiger partial charge in [-0.3, -0.25) is 0 Å². The van der Waals surface area contributed by atoms with E-state index in [2.05, 4.69) is 0 Å². The van der Waals surface area contributed by atoms with Crippen molar-refractivity contribution < 1.29 is 9.05 Å². The summed E-state index contributed by atoms with van der Waals surface area (Å²) in [7, 11) is 0. The minimum absolute atomic E-state index is 0.274. The van der Waals surface area contributed by atoms with Crippen molar-refractivity contribution in [1.82, 2.24) is 0 Å². The Morgan fingerprint density at radius 1 is 1.18 bits per heavy atom. The zero-order valence-electron chi connectivity index (χ0n) is 8.75. The van der Waals surface area contributed by atoms with Crippen LogP contribution in [0.4, 0.5) is 0 Å². The van der Waals surface area contributed by atoms with E-state index < -0.39 is 5.84 Å². The van der Waals surface area contributed by atoms with Crippen molar-refractivity contribution >= 4 is 63.7 Å². The van der Waals surface area contributed by atoms with Crippen LogP contribution in [0, 0.1) is 0 Å². The minimum atomic E-state index is -2.87. The standard InChI is InChI=1S/C9H9Cl4O2PS/c1-2-3-14-16(13,17)15-9-5-7(11)6(10)4-8(9)12/h4-5H,2-3H2,1H3. The van der Waals surface area contributed by atoms with E-state index in [9.17, 15) is 0 Å². The molecule has 1 atom stereocenters. The number of hydrogen-bond donors (Lipinski definition) is 0. The molecule has 1 unspecified atom stereocenters. The lowest BCUT2D eigenvalue weighted by Gasteiger charge is -2.17. The maximum atomic E-state index is 5.96. The van der Waals surface area contributed by atoms with Crippen LogP contribution in [0.25, 0.3) is 0 Å². The molecular weight excluding hydrogens is 345 g/mol. The fourth-order valence-electron chi connectivity index (χ4n) is 0.918. The Hall–Kier alpha value is 0.790. The molecule has 0 bridgehead atoms. The second kappa shape index (κ2) is 6.81. The van der Waals surface area contributed by atoms with Gasteiger partial charge in [0.15, 0.2) is 0 Å². The Morgan fingerprint density at radius 3 is 2.35 bits per heavy atom. The Labute approximate surface area is 125 Å². The molecule has 0 amide bonds. The molecule has 1 rings (SSSR count). The van der Waals surface area contributed by atoms with E-state index in [1.807, 2.05) is 6.92 Å². The Kier molecular flexibility index (Phi) is 6.35. The van der Waals surface area contributed by atoms with Crippen LogP contribution in [0.3, 0.4) is 0 Å². The fourth-order valence-corrected chi connectivity index (χ4v) is 3.28. The molecule has 0 aliphatic heterocycles. The summed E-state index contributed by atoms with van der Waals surface area (Å²) in [6, 6.07) is 2.93. The molecule has 8 heteroatoms. The number of rotatable bonds is 5. The average Bonchev–Trinajstić information content (AvgIpc) is 2.23. The first-order valence-electron chi connectivity index (χ1n) is 4.64. The molecule has 0 fully saturated rings. The molecule has 0 spiro atoms. The van der Waals surface area contributed by atoms with E-state index in [4.69, 9.17) is 66.9 Å². The maximum Gasteiger partial charge on any atom is 0.332 e. The molecule has 1 aromatic rings. The molecule has 0 aliphatic rings. The van der Waals surface area contributed by atoms with Gasteiger partial charge in [-0.1, -0.05) is 41.7 Å². The predicted octanol–water partition coefficient (Wildman–Crippen LogP) is 5.92. The zero-order chi connectivity index (χ0) is 13.1. The summed E-state index contributed by atoms with van der Waals surface area (Å²) in [6.07, 6.45) is 0.795. The molecule has 0 aromatic heterocycles. The molecule has 0 radical (unpaired) electrons. The second-order valence-electron chi connectivity index (χ2n) is 3.05. The van der Waals surface area contributed by atoms with Crippen molar-refractivity contribution in [2.24, 2.45) is 0 Å². The Bertz CT molecular complexity index is 455. The smallest absolute Gasteiger partial charge is 0.332 e. The summed E-state index contributed by atoms with van der Waals surface area (Å²) in [5.41, 5.74) is 0. The molecule has 1 aromatic carbocycles. The highest BCUT2D eigenvalue weighted by Crippen LogP contribution is 2.55. The van der Waals surface area contributed by atoms with E-state index in [0.29, 0.717) is 16.7 Å². The number of halogens is 4. The summed E-state index contributed by atoms with van der Waals surface area (Å²) in [4.78, 5) is 0. The van der Waals surface area contributed by atoms with Crippen molar-refractivity contribution in [2.45, 2.75) is 13.3 Å². The number of hydrogen-bond acceptors (Lipinski definition) is 3. The Morgan fingerprint density at radius 2 is 1.76 bits per heavy atom. The van der Waals surface area contributed by atoms with Crippen LogP contribution in [0.1, 0.15) is 13.3 Å². The molecule has 0 N–H and O–H groups in total. The van der Waals surface area contributed by atoms with E-state index in [0.717, 1.165) is 6.42 Å². The van der Waals surface area contributed by atoms with Gasteiger partial charge in [0.05, 0.1) is 21.7 Å². The normalized spacial score (nSPS) is 14.4. The Balaban J connectivity index is 2.88. The monoisotopic (exact) mass is 352 g/mol. The SMILES string of the molecule is CCCOP(=S)(Cl)Oc1cc(Cl)c(Cl)cc1Cl. The highest BCUT2D eigenvalue weighted by atomic mass is 35.7. The first-order chi connectivity index (χ1) is 7.85. The lowest BCUT2D eigenvalue weighted by Crippen LogP contribution is -1.94. The third-order valence-electron chi connectivity index (χ3n) is 1.63. The van der Waals surface area contributed by atoms with E-state index in [-0.39, 0.29) is 10.8 Å². The largest absolute Gasteiger partial charge is 0.431 e. The van der Waals surface area contributed by atoms with Gasteiger partial charge in [0.2, 0.25) is 0 Å². The lowest BCUT2D eigenvalue weighted by molar-refractivity contribution is 0.322. The van der Waals surface area contributed by atoms with Crippen LogP contribution >= 0.6 is 51.9 Å². The third kappa shape index (κ3) is 5.12. The topological polar surface area (TPSA) is 18.5 Å². The number of benzene rings is 1. The molecule has 0 heterocycles. The molecule has 0 saturated carbocycles. The summed E-state index contributed by atoms with van der Waals surface area (Å²) in [6.45, 7) is 2.37. The van der Waals surface area contributed by atoms with Gasteiger partial charge in [-0.2, -0.15) is 0 Å². The van der Waals surface area contributed by atoms with Gasteiger partial charge in [-0.05, 0) is 35.5 Å². The van der Waals surface area contributed by atoms with E-state index in [1.54, 1.807) is 0 Å². The van der Waals surface area contributed by atoms with Gasteiger partial charge in [0.1, 0.15) is 5.75 Å². The molecule has 2 nitrogen and oxygen atoms in total. The van der Waals surface area contributed by atoms with Gasteiger partial charge >= 0.3 is 5.84 Å². The van der Waals surface area contributed by atoms with Crippen molar-refractivity contribution in [3.05, 3.63) is 27.2 Å². The van der Waals surface area contributed by atoms with Crippen LogP contribution in [-0.4, -0.2) is 6.61 Å². The summed E-state index contributed by atoms with van der Waals surface area (Å²) < 4.78 is 10.6. The van der Waals surface area contributed by atoms with Crippen LogP contribution in [-0.2, 0) is 16.3 Å². The lowest BCUT2D eigenvalue weighted by atomic mass is 10.3. The van der Waals surface area contributed by atoms with Gasteiger partial charge in [-0.15, -0.1) is 0 Å². The van der Waals surface area contributed by atoms with Crippen molar-refractivity contribution in [2.75, 3.05) is 6.61 Å². The zero-order valence-corrected chi connectivity index (χ0v) is 13.5. The quantitative estimate of drug-likeness (QED) is 0.483. The highest BCUT2D eigenvalue weighted by molar-refractivity contribution is 8.22. The van der Waals surface area contributed by atoms with Crippen LogP contribution in [0.2, 0.25) is 15.1 Å². The predicted molar refractivity (Wildman–Crippen MR) is 78.5 cm³/mol. The molecule has 96 valence electrons. The maximum absolute atomic E-state index is 5.96. The van der Waals surface area contributed by atoms with Gasteiger partial charge in [0, 0.05) is 6.07 Å². The highest BCUT2D eigenvalue weighted by Gasteiger charge is 2.19. The molecule has 0 aliphatic carbocycles. The van der Waals surface area contributed by atoms with Gasteiger partial charge in [0.25, 0.3) is 0 Å². The van der Waals surface area contributed by atoms with Gasteiger partial charge < -0.3 is 9.05 Å². The summed E-state index contributed by atoms with van der Waals surface area (Å²) >= 11 is 28.5. The first-order valence-corrected chi connectivity index (χ1v) is 9.32. The van der Waals surface area contributed by atoms with Gasteiger partial charge in [-0.25, -0.2) is 0 Å². The van der Waals surface area contributed by atoms with Crippen molar-refractivity contribution in [3.8, 4) is 5.75 Å². The summed E-state index contributed by atoms with van der Waals surface area (Å²) in [5, 5.41) is 0.934. The molecular formula is C9H9Cl4O2PS. The van der Waals surface area contributed by atoms with E-state index in [1.165, 1.54) is 12.1 Å². The molecule has 17 heavy (non-hydrogen) atoms. The van der Waals surface area contributed by atoms with Crippen LogP contribution in [0.5, 0.6) is 5.75 Å². The van der Waals surface area contributed by atoms with E-state index >= 15 is 0 Å². The van der Waals surface area contributed by atoms with Crippen molar-refractivity contribution in [1.29, 1.82) is 0 Å². The minimum Gasteiger partial charge on any atom is -0.431 e. The summed E-state index contributed by atoms with van der Waals surface area (Å²) in [5.74, 6) is -2.60. The molecule has 0 saturated heterocycles.